The lowest BCUT2D eigenvalue weighted by Crippen LogP contribution is -2.40. The lowest BCUT2D eigenvalue weighted by Gasteiger charge is -2.33. The first-order chi connectivity index (χ1) is 12.5. The number of aryl methyl sites for hydroxylation is 2. The largest absolute Gasteiger partial charge is 0.377 e. The van der Waals surface area contributed by atoms with Crippen LogP contribution in [0.25, 0.3) is 0 Å². The van der Waals surface area contributed by atoms with Crippen molar-refractivity contribution in [3.8, 4) is 0 Å². The highest BCUT2D eigenvalue weighted by Crippen LogP contribution is 2.30. The Balaban J connectivity index is 1.41. The number of benzene rings is 1. The molecule has 0 aromatic heterocycles. The van der Waals surface area contributed by atoms with E-state index in [1.54, 1.807) is 0 Å². The first-order valence-corrected chi connectivity index (χ1v) is 9.77. The van der Waals surface area contributed by atoms with E-state index in [9.17, 15) is 9.59 Å². The topological polar surface area (TPSA) is 72.6 Å². The zero-order chi connectivity index (χ0) is 18.5. The summed E-state index contributed by atoms with van der Waals surface area (Å²) in [6.45, 7) is 4.33. The van der Waals surface area contributed by atoms with Gasteiger partial charge in [-0.05, 0) is 50.5 Å². The SMILES string of the molecule is Cc1cccc(CCC(=O)N2CCC(C[C@H]3OCC[C@H]3C(N)=O)CC2)c1. The molecule has 0 unspecified atom stereocenters. The molecule has 142 valence electrons. The highest BCUT2D eigenvalue weighted by atomic mass is 16.5. The van der Waals surface area contributed by atoms with E-state index in [0.717, 1.165) is 45.2 Å². The predicted octanol–water partition coefficient (Wildman–Crippen LogP) is 2.45. The van der Waals surface area contributed by atoms with E-state index in [1.807, 2.05) is 11.0 Å². The Morgan fingerprint density at radius 1 is 1.23 bits per heavy atom. The minimum atomic E-state index is -0.240. The van der Waals surface area contributed by atoms with Crippen LogP contribution in [0.2, 0.25) is 0 Å². The Morgan fingerprint density at radius 2 is 2.00 bits per heavy atom. The number of likely N-dealkylation sites (tertiary alicyclic amines) is 1. The summed E-state index contributed by atoms with van der Waals surface area (Å²) < 4.78 is 5.72. The fourth-order valence-electron chi connectivity index (χ4n) is 4.23. The molecule has 5 nitrogen and oxygen atoms in total. The molecule has 1 aromatic carbocycles. The van der Waals surface area contributed by atoms with Crippen molar-refractivity contribution in [1.29, 1.82) is 0 Å². The van der Waals surface area contributed by atoms with Crippen LogP contribution in [0.4, 0.5) is 0 Å². The van der Waals surface area contributed by atoms with Gasteiger partial charge in [0.2, 0.25) is 11.8 Å². The molecule has 2 aliphatic heterocycles. The summed E-state index contributed by atoms with van der Waals surface area (Å²) >= 11 is 0. The first-order valence-electron chi connectivity index (χ1n) is 9.77. The third kappa shape index (κ3) is 4.85. The molecule has 2 atom stereocenters. The van der Waals surface area contributed by atoms with Crippen molar-refractivity contribution in [1.82, 2.24) is 4.90 Å². The molecule has 0 spiro atoms. The summed E-state index contributed by atoms with van der Waals surface area (Å²) in [6.07, 6.45) is 4.96. The van der Waals surface area contributed by atoms with E-state index in [4.69, 9.17) is 10.5 Å². The number of nitrogens with zero attached hydrogens (tertiary/aromatic N) is 1. The third-order valence-electron chi connectivity index (χ3n) is 5.82. The Morgan fingerprint density at radius 3 is 2.69 bits per heavy atom. The van der Waals surface area contributed by atoms with Gasteiger partial charge in [0, 0.05) is 26.1 Å². The van der Waals surface area contributed by atoms with Crippen molar-refractivity contribution in [2.24, 2.45) is 17.6 Å². The van der Waals surface area contributed by atoms with Gasteiger partial charge in [0.15, 0.2) is 0 Å². The van der Waals surface area contributed by atoms with Crippen LogP contribution in [-0.2, 0) is 20.7 Å². The van der Waals surface area contributed by atoms with Gasteiger partial charge >= 0.3 is 0 Å². The quantitative estimate of drug-likeness (QED) is 0.849. The molecule has 2 heterocycles. The number of nitrogens with two attached hydrogens (primary N) is 1. The second kappa shape index (κ2) is 8.67. The molecule has 2 amide bonds. The molecule has 0 saturated carbocycles. The van der Waals surface area contributed by atoms with Crippen LogP contribution in [0.3, 0.4) is 0 Å². The highest BCUT2D eigenvalue weighted by Gasteiger charge is 2.35. The van der Waals surface area contributed by atoms with E-state index in [0.29, 0.717) is 18.9 Å². The molecule has 2 aliphatic rings. The summed E-state index contributed by atoms with van der Waals surface area (Å²) in [7, 11) is 0. The van der Waals surface area contributed by atoms with Crippen LogP contribution in [-0.4, -0.2) is 42.5 Å². The number of piperidine rings is 1. The summed E-state index contributed by atoms with van der Waals surface area (Å²) in [5, 5.41) is 0. The molecule has 0 aliphatic carbocycles. The minimum absolute atomic E-state index is 0.0268. The van der Waals surface area contributed by atoms with Crippen LogP contribution in [0.15, 0.2) is 24.3 Å². The Labute approximate surface area is 155 Å². The molecule has 5 heteroatoms. The predicted molar refractivity (Wildman–Crippen MR) is 100 cm³/mol. The van der Waals surface area contributed by atoms with Crippen LogP contribution in [0.5, 0.6) is 0 Å². The number of primary amides is 1. The van der Waals surface area contributed by atoms with Gasteiger partial charge in [-0.25, -0.2) is 0 Å². The van der Waals surface area contributed by atoms with Crippen molar-refractivity contribution in [2.45, 2.75) is 51.6 Å². The monoisotopic (exact) mass is 358 g/mol. The number of rotatable bonds is 6. The van der Waals surface area contributed by atoms with Gasteiger partial charge < -0.3 is 15.4 Å². The number of hydrogen-bond acceptors (Lipinski definition) is 3. The zero-order valence-electron chi connectivity index (χ0n) is 15.7. The van der Waals surface area contributed by atoms with E-state index in [2.05, 4.69) is 25.1 Å². The summed E-state index contributed by atoms with van der Waals surface area (Å²) in [4.78, 5) is 26.0. The van der Waals surface area contributed by atoms with Crippen molar-refractivity contribution in [2.75, 3.05) is 19.7 Å². The third-order valence-corrected chi connectivity index (χ3v) is 5.82. The van der Waals surface area contributed by atoms with Gasteiger partial charge in [-0.2, -0.15) is 0 Å². The Kier molecular flexibility index (Phi) is 6.30. The van der Waals surface area contributed by atoms with Gasteiger partial charge in [0.25, 0.3) is 0 Å². The molecule has 2 N–H and O–H groups in total. The van der Waals surface area contributed by atoms with Crippen LogP contribution >= 0.6 is 0 Å². The fraction of sp³-hybridized carbons (Fsp3) is 0.619. The van der Waals surface area contributed by atoms with E-state index in [-0.39, 0.29) is 23.8 Å². The highest BCUT2D eigenvalue weighted by molar-refractivity contribution is 5.77. The first kappa shape index (κ1) is 18.9. The van der Waals surface area contributed by atoms with Crippen molar-refractivity contribution < 1.29 is 14.3 Å². The molecule has 2 fully saturated rings. The lowest BCUT2D eigenvalue weighted by atomic mass is 9.86. The van der Waals surface area contributed by atoms with Crippen molar-refractivity contribution in [3.63, 3.8) is 0 Å². The molecule has 1 aromatic rings. The molecular formula is C21H30N2O3. The summed E-state index contributed by atoms with van der Waals surface area (Å²) in [6, 6.07) is 8.36. The minimum Gasteiger partial charge on any atom is -0.377 e. The van der Waals surface area contributed by atoms with Crippen LogP contribution < -0.4 is 5.73 Å². The Bertz CT molecular complexity index is 638. The van der Waals surface area contributed by atoms with Gasteiger partial charge in [0.05, 0.1) is 12.0 Å². The maximum atomic E-state index is 12.5. The summed E-state index contributed by atoms with van der Waals surface area (Å²) in [5.41, 5.74) is 7.94. The summed E-state index contributed by atoms with van der Waals surface area (Å²) in [5.74, 6) is 0.387. The standard InChI is InChI=1S/C21H30N2O3/c1-15-3-2-4-16(13-15)5-6-20(24)23-10-7-17(8-11-23)14-19-18(21(22)25)9-12-26-19/h2-4,13,17-19H,5-12,14H2,1H3,(H2,22,25)/t18-,19-/m1/s1. The number of ether oxygens (including phenoxy) is 1. The van der Waals surface area contributed by atoms with Crippen LogP contribution in [0.1, 0.15) is 43.2 Å². The van der Waals surface area contributed by atoms with E-state index >= 15 is 0 Å². The van der Waals surface area contributed by atoms with Gasteiger partial charge in [-0.15, -0.1) is 0 Å². The number of hydrogen-bond donors (Lipinski definition) is 1. The molecular weight excluding hydrogens is 328 g/mol. The zero-order valence-corrected chi connectivity index (χ0v) is 15.7. The number of amides is 2. The smallest absolute Gasteiger partial charge is 0.223 e. The maximum absolute atomic E-state index is 12.5. The molecule has 26 heavy (non-hydrogen) atoms. The maximum Gasteiger partial charge on any atom is 0.223 e. The lowest BCUT2D eigenvalue weighted by molar-refractivity contribution is -0.132. The second-order valence-electron chi connectivity index (χ2n) is 7.76. The Hall–Kier alpha value is -1.88. The molecule has 0 bridgehead atoms. The van der Waals surface area contributed by atoms with E-state index in [1.165, 1.54) is 11.1 Å². The molecule has 0 radical (unpaired) electrons. The van der Waals surface area contributed by atoms with Gasteiger partial charge in [-0.1, -0.05) is 29.8 Å². The van der Waals surface area contributed by atoms with Gasteiger partial charge in [-0.3, -0.25) is 9.59 Å². The van der Waals surface area contributed by atoms with Crippen molar-refractivity contribution in [3.05, 3.63) is 35.4 Å². The normalized spacial score (nSPS) is 24.0. The molecule has 2 saturated heterocycles. The fourth-order valence-corrected chi connectivity index (χ4v) is 4.23. The number of carbonyl (C=O) groups is 2. The molecule has 3 rings (SSSR count). The number of carbonyl (C=O) groups excluding carboxylic acids is 2. The van der Waals surface area contributed by atoms with Crippen molar-refractivity contribution >= 4 is 11.8 Å². The van der Waals surface area contributed by atoms with Crippen LogP contribution in [0, 0.1) is 18.8 Å². The van der Waals surface area contributed by atoms with Gasteiger partial charge in [0.1, 0.15) is 0 Å². The second-order valence-corrected chi connectivity index (χ2v) is 7.76. The van der Waals surface area contributed by atoms with E-state index < -0.39 is 0 Å². The average molecular weight is 358 g/mol. The average Bonchev–Trinajstić information content (AvgIpc) is 3.09.